The third-order valence-corrected chi connectivity index (χ3v) is 4.05. The molecule has 1 unspecified atom stereocenters. The van der Waals surface area contributed by atoms with E-state index in [4.69, 9.17) is 0 Å². The van der Waals surface area contributed by atoms with E-state index in [1.165, 1.54) is 12.1 Å². The van der Waals surface area contributed by atoms with Crippen molar-refractivity contribution in [3.63, 3.8) is 0 Å². The SMILES string of the molecule is CCS(=O)CCNc1cc(Br)ccc1C(F)(F)F. The minimum absolute atomic E-state index is 0.00461. The molecule has 0 radical (unpaired) electrons. The summed E-state index contributed by atoms with van der Waals surface area (Å²) in [6, 6.07) is 3.74. The zero-order valence-corrected chi connectivity index (χ0v) is 12.1. The maximum absolute atomic E-state index is 12.7. The molecule has 1 aromatic rings. The molecule has 0 fully saturated rings. The van der Waals surface area contributed by atoms with Crippen LogP contribution >= 0.6 is 15.9 Å². The second-order valence-electron chi connectivity index (χ2n) is 3.55. The van der Waals surface area contributed by atoms with Crippen molar-refractivity contribution in [3.8, 4) is 0 Å². The molecule has 1 aromatic carbocycles. The Morgan fingerprint density at radius 3 is 2.61 bits per heavy atom. The van der Waals surface area contributed by atoms with Gasteiger partial charge in [-0.2, -0.15) is 13.2 Å². The Bertz CT molecular complexity index is 437. The van der Waals surface area contributed by atoms with Gasteiger partial charge >= 0.3 is 6.18 Å². The number of hydrogen-bond donors (Lipinski definition) is 1. The average Bonchev–Trinajstić information content (AvgIpc) is 2.27. The fourth-order valence-corrected chi connectivity index (χ4v) is 2.33. The highest BCUT2D eigenvalue weighted by Gasteiger charge is 2.33. The van der Waals surface area contributed by atoms with E-state index in [0.717, 1.165) is 6.07 Å². The summed E-state index contributed by atoms with van der Waals surface area (Å²) in [5.74, 6) is 0.840. The van der Waals surface area contributed by atoms with Gasteiger partial charge in [-0.1, -0.05) is 22.9 Å². The van der Waals surface area contributed by atoms with Crippen molar-refractivity contribution in [3.05, 3.63) is 28.2 Å². The van der Waals surface area contributed by atoms with Crippen LogP contribution in [0.5, 0.6) is 0 Å². The minimum atomic E-state index is -4.40. The van der Waals surface area contributed by atoms with Crippen LogP contribution in [0.3, 0.4) is 0 Å². The van der Waals surface area contributed by atoms with Gasteiger partial charge in [0.2, 0.25) is 0 Å². The van der Waals surface area contributed by atoms with Crippen molar-refractivity contribution in [2.45, 2.75) is 13.1 Å². The summed E-state index contributed by atoms with van der Waals surface area (Å²) < 4.78 is 49.9. The van der Waals surface area contributed by atoms with Crippen LogP contribution in [0.2, 0.25) is 0 Å². The van der Waals surface area contributed by atoms with Gasteiger partial charge in [-0.3, -0.25) is 4.21 Å². The summed E-state index contributed by atoms with van der Waals surface area (Å²) in [6.07, 6.45) is -4.40. The van der Waals surface area contributed by atoms with Gasteiger partial charge in [0.15, 0.2) is 0 Å². The normalized spacial score (nSPS) is 13.4. The van der Waals surface area contributed by atoms with Crippen LogP contribution in [0.25, 0.3) is 0 Å². The predicted molar refractivity (Wildman–Crippen MR) is 71.2 cm³/mol. The van der Waals surface area contributed by atoms with E-state index in [2.05, 4.69) is 21.2 Å². The van der Waals surface area contributed by atoms with Gasteiger partial charge in [-0.25, -0.2) is 0 Å². The van der Waals surface area contributed by atoms with E-state index in [1.807, 2.05) is 0 Å². The van der Waals surface area contributed by atoms with Crippen LogP contribution in [0.1, 0.15) is 12.5 Å². The molecule has 0 aliphatic rings. The van der Waals surface area contributed by atoms with Gasteiger partial charge in [-0.05, 0) is 18.2 Å². The molecule has 0 aliphatic heterocycles. The van der Waals surface area contributed by atoms with E-state index >= 15 is 0 Å². The summed E-state index contributed by atoms with van der Waals surface area (Å²) in [7, 11) is -0.989. The molecule has 0 heterocycles. The van der Waals surface area contributed by atoms with Crippen LogP contribution in [0.15, 0.2) is 22.7 Å². The number of benzene rings is 1. The van der Waals surface area contributed by atoms with Crippen LogP contribution in [0, 0.1) is 0 Å². The first-order valence-corrected chi connectivity index (χ1v) is 7.58. The largest absolute Gasteiger partial charge is 0.418 e. The second-order valence-corrected chi connectivity index (χ2v) is 6.33. The van der Waals surface area contributed by atoms with E-state index < -0.39 is 22.5 Å². The molecular weight excluding hydrogens is 331 g/mol. The Morgan fingerprint density at radius 2 is 2.06 bits per heavy atom. The molecule has 18 heavy (non-hydrogen) atoms. The Balaban J connectivity index is 2.80. The van der Waals surface area contributed by atoms with Crippen molar-refractivity contribution in [1.82, 2.24) is 0 Å². The third-order valence-electron chi connectivity index (χ3n) is 2.25. The monoisotopic (exact) mass is 343 g/mol. The van der Waals surface area contributed by atoms with Crippen LogP contribution in [0.4, 0.5) is 18.9 Å². The zero-order valence-electron chi connectivity index (χ0n) is 9.68. The fourth-order valence-electron chi connectivity index (χ4n) is 1.35. The highest BCUT2D eigenvalue weighted by Crippen LogP contribution is 2.36. The Hall–Kier alpha value is -0.560. The molecule has 0 aliphatic carbocycles. The molecule has 2 nitrogen and oxygen atoms in total. The van der Waals surface area contributed by atoms with E-state index in [9.17, 15) is 17.4 Å². The molecule has 0 saturated carbocycles. The summed E-state index contributed by atoms with van der Waals surface area (Å²) in [6.45, 7) is 2.02. The minimum Gasteiger partial charge on any atom is -0.384 e. The van der Waals surface area contributed by atoms with Crippen molar-refractivity contribution in [2.75, 3.05) is 23.4 Å². The Labute approximate surface area is 115 Å². The van der Waals surface area contributed by atoms with Gasteiger partial charge in [0.05, 0.1) is 5.56 Å². The van der Waals surface area contributed by atoms with E-state index in [-0.39, 0.29) is 12.2 Å². The number of hydrogen-bond acceptors (Lipinski definition) is 2. The molecule has 102 valence electrons. The van der Waals surface area contributed by atoms with E-state index in [0.29, 0.717) is 16.0 Å². The van der Waals surface area contributed by atoms with Gasteiger partial charge < -0.3 is 5.32 Å². The third kappa shape index (κ3) is 4.61. The highest BCUT2D eigenvalue weighted by atomic mass is 79.9. The predicted octanol–water partition coefficient (Wildman–Crippen LogP) is 3.65. The van der Waals surface area contributed by atoms with E-state index in [1.54, 1.807) is 6.92 Å². The molecule has 1 rings (SSSR count). The number of anilines is 1. The smallest absolute Gasteiger partial charge is 0.384 e. The molecule has 1 atom stereocenters. The average molecular weight is 344 g/mol. The first-order chi connectivity index (χ1) is 8.34. The van der Waals surface area contributed by atoms with Crippen molar-refractivity contribution >= 4 is 32.4 Å². The first-order valence-electron chi connectivity index (χ1n) is 5.30. The summed E-state index contributed by atoms with van der Waals surface area (Å²) in [5.41, 5.74) is -0.710. The number of nitrogens with one attached hydrogen (secondary N) is 1. The Kier molecular flexibility index (Phi) is 5.65. The highest BCUT2D eigenvalue weighted by molar-refractivity contribution is 9.10. The first kappa shape index (κ1) is 15.5. The van der Waals surface area contributed by atoms with Crippen LogP contribution < -0.4 is 5.32 Å². The standard InChI is InChI=1S/C11H13BrF3NOS/c1-2-18(17)6-5-16-10-7-8(12)3-4-9(10)11(13,14)15/h3-4,7,16H,2,5-6H2,1H3. The molecule has 1 N–H and O–H groups in total. The topological polar surface area (TPSA) is 29.1 Å². The summed E-state index contributed by atoms with van der Waals surface area (Å²) in [5, 5.41) is 2.68. The van der Waals surface area contributed by atoms with Crippen molar-refractivity contribution in [1.29, 1.82) is 0 Å². The maximum atomic E-state index is 12.7. The molecule has 0 saturated heterocycles. The molecule has 0 spiro atoms. The van der Waals surface area contributed by atoms with Gasteiger partial charge in [0.25, 0.3) is 0 Å². The summed E-state index contributed by atoms with van der Waals surface area (Å²) in [4.78, 5) is 0. The zero-order chi connectivity index (χ0) is 13.8. The molecule has 0 aromatic heterocycles. The number of rotatable bonds is 5. The number of halogens is 4. The second kappa shape index (κ2) is 6.56. The fraction of sp³-hybridized carbons (Fsp3) is 0.455. The van der Waals surface area contributed by atoms with Crippen molar-refractivity contribution in [2.24, 2.45) is 0 Å². The lowest BCUT2D eigenvalue weighted by Gasteiger charge is -2.14. The molecule has 7 heteroatoms. The van der Waals surface area contributed by atoms with Crippen molar-refractivity contribution < 1.29 is 17.4 Å². The Morgan fingerprint density at radius 1 is 1.39 bits per heavy atom. The molecule has 0 amide bonds. The van der Waals surface area contributed by atoms with Gasteiger partial charge in [0.1, 0.15) is 0 Å². The molecular formula is C11H13BrF3NOS. The van der Waals surface area contributed by atoms with Crippen LogP contribution in [-0.4, -0.2) is 22.3 Å². The van der Waals surface area contributed by atoms with Crippen LogP contribution in [-0.2, 0) is 17.0 Å². The quantitative estimate of drug-likeness (QED) is 0.884. The lowest BCUT2D eigenvalue weighted by molar-refractivity contribution is -0.136. The number of alkyl halides is 3. The lowest BCUT2D eigenvalue weighted by atomic mass is 10.1. The molecule has 0 bridgehead atoms. The van der Waals surface area contributed by atoms with Gasteiger partial charge in [0, 0.05) is 39.0 Å². The summed E-state index contributed by atoms with van der Waals surface area (Å²) >= 11 is 3.13. The lowest BCUT2D eigenvalue weighted by Crippen LogP contribution is -2.15. The maximum Gasteiger partial charge on any atom is 0.418 e. The van der Waals surface area contributed by atoms with Gasteiger partial charge in [-0.15, -0.1) is 0 Å².